The van der Waals surface area contributed by atoms with E-state index in [2.05, 4.69) is 13.0 Å². The molecule has 1 nitrogen and oxygen atoms in total. The van der Waals surface area contributed by atoms with Crippen LogP contribution in [0.15, 0.2) is 11.6 Å². The number of hydrogen-bond donors (Lipinski definition) is 1. The summed E-state index contributed by atoms with van der Waals surface area (Å²) in [7, 11) is 0. The summed E-state index contributed by atoms with van der Waals surface area (Å²) in [5, 5.41) is 0. The van der Waals surface area contributed by atoms with Crippen molar-refractivity contribution >= 4 is 0 Å². The van der Waals surface area contributed by atoms with Crippen LogP contribution in [0.5, 0.6) is 0 Å². The van der Waals surface area contributed by atoms with E-state index in [0.29, 0.717) is 6.04 Å². The molecule has 1 aliphatic rings. The first-order chi connectivity index (χ1) is 6.33. The normalized spacial score (nSPS) is 22.9. The van der Waals surface area contributed by atoms with Crippen LogP contribution in [0.25, 0.3) is 0 Å². The predicted octanol–water partition coefficient (Wildman–Crippen LogP) is 3.39. The molecule has 0 saturated heterocycles. The second kappa shape index (κ2) is 6.20. The van der Waals surface area contributed by atoms with Crippen LogP contribution in [0.1, 0.15) is 58.3 Å². The average molecular weight is 181 g/mol. The summed E-state index contributed by atoms with van der Waals surface area (Å²) in [6, 6.07) is 0.444. The van der Waals surface area contributed by atoms with E-state index in [0.717, 1.165) is 6.42 Å². The summed E-state index contributed by atoms with van der Waals surface area (Å²) in [5.74, 6) is 0. The van der Waals surface area contributed by atoms with Gasteiger partial charge in [-0.2, -0.15) is 0 Å². The molecule has 0 amide bonds. The van der Waals surface area contributed by atoms with Gasteiger partial charge in [0.25, 0.3) is 0 Å². The van der Waals surface area contributed by atoms with E-state index < -0.39 is 0 Å². The largest absolute Gasteiger partial charge is 0.327 e. The van der Waals surface area contributed by atoms with Crippen LogP contribution in [0.4, 0.5) is 0 Å². The fourth-order valence-electron chi connectivity index (χ4n) is 1.91. The third-order valence-corrected chi connectivity index (χ3v) is 2.90. The minimum absolute atomic E-state index is 0.444. The van der Waals surface area contributed by atoms with Gasteiger partial charge in [0.15, 0.2) is 0 Å². The van der Waals surface area contributed by atoms with Gasteiger partial charge in [-0.15, -0.1) is 0 Å². The number of hydrogen-bond acceptors (Lipinski definition) is 1. The Labute approximate surface area is 82.4 Å². The smallest absolute Gasteiger partial charge is 0.00765 e. The minimum Gasteiger partial charge on any atom is -0.327 e. The Hall–Kier alpha value is -0.300. The van der Waals surface area contributed by atoms with Crippen LogP contribution >= 0.6 is 0 Å². The fraction of sp³-hybridized carbons (Fsp3) is 0.833. The Morgan fingerprint density at radius 1 is 1.38 bits per heavy atom. The maximum atomic E-state index is 5.83. The Kier molecular flexibility index (Phi) is 5.14. The monoisotopic (exact) mass is 181 g/mol. The fourth-order valence-corrected chi connectivity index (χ4v) is 1.91. The molecule has 1 atom stereocenters. The summed E-state index contributed by atoms with van der Waals surface area (Å²) in [6.07, 6.45) is 12.8. The molecular weight excluding hydrogens is 158 g/mol. The standard InChI is InChI=1S/C12H23N/c1-2-3-4-5-6-11-7-9-12(13)10-8-11/h7,12H,2-6,8-10,13H2,1H3. The lowest BCUT2D eigenvalue weighted by Crippen LogP contribution is -2.21. The predicted molar refractivity (Wildman–Crippen MR) is 58.7 cm³/mol. The Morgan fingerprint density at radius 2 is 2.23 bits per heavy atom. The molecule has 0 heterocycles. The zero-order chi connectivity index (χ0) is 9.52. The highest BCUT2D eigenvalue weighted by molar-refractivity contribution is 5.07. The van der Waals surface area contributed by atoms with Crippen molar-refractivity contribution < 1.29 is 0 Å². The molecule has 0 fully saturated rings. The van der Waals surface area contributed by atoms with Gasteiger partial charge in [0.05, 0.1) is 0 Å². The van der Waals surface area contributed by atoms with Crippen molar-refractivity contribution in [2.45, 2.75) is 64.3 Å². The molecular formula is C12H23N. The lowest BCUT2D eigenvalue weighted by Gasteiger charge is -2.17. The summed E-state index contributed by atoms with van der Waals surface area (Å²) < 4.78 is 0. The van der Waals surface area contributed by atoms with E-state index >= 15 is 0 Å². The van der Waals surface area contributed by atoms with Gasteiger partial charge in [-0.25, -0.2) is 0 Å². The maximum Gasteiger partial charge on any atom is 0.00765 e. The first kappa shape index (κ1) is 10.8. The number of nitrogens with two attached hydrogens (primary N) is 1. The van der Waals surface area contributed by atoms with Crippen molar-refractivity contribution in [2.24, 2.45) is 5.73 Å². The van der Waals surface area contributed by atoms with Crippen molar-refractivity contribution in [3.63, 3.8) is 0 Å². The van der Waals surface area contributed by atoms with Gasteiger partial charge in [0, 0.05) is 6.04 Å². The van der Waals surface area contributed by atoms with Gasteiger partial charge >= 0.3 is 0 Å². The van der Waals surface area contributed by atoms with Gasteiger partial charge in [0.1, 0.15) is 0 Å². The second-order valence-corrected chi connectivity index (χ2v) is 4.21. The molecule has 0 aliphatic heterocycles. The molecule has 2 N–H and O–H groups in total. The minimum atomic E-state index is 0.444. The molecule has 76 valence electrons. The van der Waals surface area contributed by atoms with Crippen LogP contribution in [0.3, 0.4) is 0 Å². The summed E-state index contributed by atoms with van der Waals surface area (Å²) in [4.78, 5) is 0. The van der Waals surface area contributed by atoms with Crippen LogP contribution in [0.2, 0.25) is 0 Å². The third kappa shape index (κ3) is 4.47. The van der Waals surface area contributed by atoms with E-state index in [1.165, 1.54) is 44.9 Å². The summed E-state index contributed by atoms with van der Waals surface area (Å²) >= 11 is 0. The van der Waals surface area contributed by atoms with E-state index in [-0.39, 0.29) is 0 Å². The van der Waals surface area contributed by atoms with Gasteiger partial charge in [-0.05, 0) is 32.1 Å². The highest BCUT2D eigenvalue weighted by Crippen LogP contribution is 2.21. The lowest BCUT2D eigenvalue weighted by atomic mass is 9.92. The molecule has 1 rings (SSSR count). The Morgan fingerprint density at radius 3 is 2.85 bits per heavy atom. The highest BCUT2D eigenvalue weighted by atomic mass is 14.6. The molecule has 0 spiro atoms. The maximum absolute atomic E-state index is 5.83. The summed E-state index contributed by atoms with van der Waals surface area (Å²) in [6.45, 7) is 2.26. The average Bonchev–Trinajstić information content (AvgIpc) is 2.15. The van der Waals surface area contributed by atoms with Crippen molar-refractivity contribution in [3.8, 4) is 0 Å². The molecule has 1 unspecified atom stereocenters. The molecule has 0 aromatic carbocycles. The van der Waals surface area contributed by atoms with Crippen molar-refractivity contribution in [1.82, 2.24) is 0 Å². The van der Waals surface area contributed by atoms with E-state index in [4.69, 9.17) is 5.73 Å². The molecule has 1 heteroatoms. The van der Waals surface area contributed by atoms with Gasteiger partial charge in [0.2, 0.25) is 0 Å². The number of rotatable bonds is 5. The van der Waals surface area contributed by atoms with Crippen LogP contribution < -0.4 is 5.73 Å². The molecule has 0 radical (unpaired) electrons. The Balaban J connectivity index is 2.08. The van der Waals surface area contributed by atoms with Crippen molar-refractivity contribution in [2.75, 3.05) is 0 Å². The number of allylic oxidation sites excluding steroid dienone is 1. The highest BCUT2D eigenvalue weighted by Gasteiger charge is 2.09. The van der Waals surface area contributed by atoms with Crippen molar-refractivity contribution in [1.29, 1.82) is 0 Å². The molecule has 1 aliphatic carbocycles. The second-order valence-electron chi connectivity index (χ2n) is 4.21. The molecule has 13 heavy (non-hydrogen) atoms. The zero-order valence-corrected chi connectivity index (χ0v) is 8.89. The van der Waals surface area contributed by atoms with E-state index in [1.807, 2.05) is 0 Å². The molecule has 0 saturated carbocycles. The van der Waals surface area contributed by atoms with E-state index in [9.17, 15) is 0 Å². The van der Waals surface area contributed by atoms with Crippen molar-refractivity contribution in [3.05, 3.63) is 11.6 Å². The SMILES string of the molecule is CCCCCCC1=CCC(N)CC1. The molecule has 0 aromatic rings. The number of unbranched alkanes of at least 4 members (excludes halogenated alkanes) is 3. The first-order valence-electron chi connectivity index (χ1n) is 5.76. The quantitative estimate of drug-likeness (QED) is 0.510. The van der Waals surface area contributed by atoms with Crippen LogP contribution in [0, 0.1) is 0 Å². The van der Waals surface area contributed by atoms with Crippen LogP contribution in [-0.2, 0) is 0 Å². The lowest BCUT2D eigenvalue weighted by molar-refractivity contribution is 0.564. The summed E-state index contributed by atoms with van der Waals surface area (Å²) in [5.41, 5.74) is 7.49. The van der Waals surface area contributed by atoms with Gasteiger partial charge in [-0.3, -0.25) is 0 Å². The van der Waals surface area contributed by atoms with Gasteiger partial charge < -0.3 is 5.73 Å². The molecule has 0 aromatic heterocycles. The Bertz CT molecular complexity index is 161. The first-order valence-corrected chi connectivity index (χ1v) is 5.76. The zero-order valence-electron chi connectivity index (χ0n) is 8.89. The van der Waals surface area contributed by atoms with Gasteiger partial charge in [-0.1, -0.05) is 37.8 Å². The van der Waals surface area contributed by atoms with E-state index in [1.54, 1.807) is 5.57 Å². The van der Waals surface area contributed by atoms with Crippen LogP contribution in [-0.4, -0.2) is 6.04 Å². The topological polar surface area (TPSA) is 26.0 Å². The third-order valence-electron chi connectivity index (χ3n) is 2.90. The molecule has 0 bridgehead atoms.